The Morgan fingerprint density at radius 1 is 1.23 bits per heavy atom. The summed E-state index contributed by atoms with van der Waals surface area (Å²) in [6, 6.07) is 1.71. The van der Waals surface area contributed by atoms with Gasteiger partial charge in [-0.15, -0.1) is 0 Å². The quantitative estimate of drug-likeness (QED) is 0.324. The minimum atomic E-state index is 0.581. The number of nitrogens with zero attached hydrogens (tertiary/aromatic N) is 1. The van der Waals surface area contributed by atoms with Crippen LogP contribution < -0.4 is 27.0 Å². The Morgan fingerprint density at radius 2 is 2.05 bits per heavy atom. The number of anilines is 3. The summed E-state index contributed by atoms with van der Waals surface area (Å²) in [5, 5.41) is 6.61. The van der Waals surface area contributed by atoms with Crippen LogP contribution >= 0.6 is 0 Å². The molecule has 0 radical (unpaired) electrons. The fourth-order valence-corrected chi connectivity index (χ4v) is 2.07. The number of quaternary nitrogens is 1. The van der Waals surface area contributed by atoms with Crippen molar-refractivity contribution in [3.05, 3.63) is 12.3 Å². The van der Waals surface area contributed by atoms with Crippen LogP contribution in [0, 0.1) is 0 Å². The molecule has 0 aromatic carbocycles. The molecule has 7 nitrogen and oxygen atoms in total. The fraction of sp³-hybridized carbons (Fsp3) is 0.667. The SMILES string of the molecule is CCOCC[NH+](C)CCCNCCNc1ncc(N)cc1N. The lowest BCUT2D eigenvalue weighted by Crippen LogP contribution is -3.09. The van der Waals surface area contributed by atoms with Gasteiger partial charge in [-0.2, -0.15) is 0 Å². The number of ether oxygens (including phenoxy) is 1. The first-order chi connectivity index (χ1) is 10.6. The molecule has 1 atom stereocenters. The van der Waals surface area contributed by atoms with Crippen LogP contribution in [-0.4, -0.2) is 58.0 Å². The Labute approximate surface area is 133 Å². The number of rotatable bonds is 12. The summed E-state index contributed by atoms with van der Waals surface area (Å²) in [5.74, 6) is 0.691. The van der Waals surface area contributed by atoms with Gasteiger partial charge in [0, 0.05) is 32.7 Å². The second kappa shape index (κ2) is 11.1. The molecule has 0 saturated carbocycles. The first-order valence-corrected chi connectivity index (χ1v) is 7.98. The lowest BCUT2D eigenvalue weighted by Gasteiger charge is -2.14. The maximum atomic E-state index is 5.83. The summed E-state index contributed by atoms with van der Waals surface area (Å²) < 4.78 is 5.35. The number of hydrogen-bond acceptors (Lipinski definition) is 6. The molecule has 0 bridgehead atoms. The van der Waals surface area contributed by atoms with E-state index in [1.165, 1.54) is 4.90 Å². The van der Waals surface area contributed by atoms with Crippen LogP contribution in [0.1, 0.15) is 13.3 Å². The van der Waals surface area contributed by atoms with Crippen molar-refractivity contribution in [2.45, 2.75) is 13.3 Å². The number of nitrogen functional groups attached to an aromatic ring is 2. The van der Waals surface area contributed by atoms with E-state index in [4.69, 9.17) is 16.2 Å². The van der Waals surface area contributed by atoms with Gasteiger partial charge in [-0.1, -0.05) is 0 Å². The number of likely N-dealkylation sites (N-methyl/N-ethyl adjacent to an activating group) is 1. The first kappa shape index (κ1) is 18.5. The smallest absolute Gasteiger partial charge is 0.149 e. The van der Waals surface area contributed by atoms with Crippen LogP contribution in [0.4, 0.5) is 17.2 Å². The number of nitrogens with one attached hydrogen (secondary N) is 3. The first-order valence-electron chi connectivity index (χ1n) is 7.98. The molecular formula is C15H31N6O+. The molecule has 1 aromatic heterocycles. The summed E-state index contributed by atoms with van der Waals surface area (Å²) in [4.78, 5) is 5.67. The molecule has 1 heterocycles. The van der Waals surface area contributed by atoms with Gasteiger partial charge in [0.15, 0.2) is 0 Å². The fourth-order valence-electron chi connectivity index (χ4n) is 2.07. The van der Waals surface area contributed by atoms with Crippen molar-refractivity contribution < 1.29 is 9.64 Å². The molecule has 0 saturated heterocycles. The average molecular weight is 311 g/mol. The predicted molar refractivity (Wildman–Crippen MR) is 92.2 cm³/mol. The molecule has 1 unspecified atom stereocenters. The Kier molecular flexibility index (Phi) is 9.29. The van der Waals surface area contributed by atoms with Gasteiger partial charge in [-0.05, 0) is 13.0 Å². The number of aromatic nitrogens is 1. The van der Waals surface area contributed by atoms with Gasteiger partial charge in [0.1, 0.15) is 12.4 Å². The van der Waals surface area contributed by atoms with E-state index in [0.29, 0.717) is 17.2 Å². The van der Waals surface area contributed by atoms with Gasteiger partial charge in [0.2, 0.25) is 0 Å². The third-order valence-electron chi connectivity index (χ3n) is 3.37. The molecule has 7 N–H and O–H groups in total. The molecule has 7 heteroatoms. The highest BCUT2D eigenvalue weighted by Gasteiger charge is 2.02. The van der Waals surface area contributed by atoms with E-state index in [1.54, 1.807) is 12.3 Å². The predicted octanol–water partition coefficient (Wildman–Crippen LogP) is -0.811. The van der Waals surface area contributed by atoms with Crippen LogP contribution in [0.25, 0.3) is 0 Å². The van der Waals surface area contributed by atoms with Crippen molar-refractivity contribution in [1.29, 1.82) is 0 Å². The minimum Gasteiger partial charge on any atom is -0.397 e. The van der Waals surface area contributed by atoms with E-state index < -0.39 is 0 Å². The van der Waals surface area contributed by atoms with Gasteiger partial charge in [0.25, 0.3) is 0 Å². The van der Waals surface area contributed by atoms with Gasteiger partial charge in [-0.3, -0.25) is 0 Å². The van der Waals surface area contributed by atoms with E-state index in [0.717, 1.165) is 52.4 Å². The Hall–Kier alpha value is -1.57. The molecule has 126 valence electrons. The molecule has 0 aliphatic rings. The highest BCUT2D eigenvalue weighted by Crippen LogP contribution is 2.16. The number of nitrogens with two attached hydrogens (primary N) is 2. The van der Waals surface area contributed by atoms with Crippen LogP contribution in [-0.2, 0) is 4.74 Å². The second-order valence-electron chi connectivity index (χ2n) is 5.39. The molecule has 0 fully saturated rings. The van der Waals surface area contributed by atoms with Crippen molar-refractivity contribution in [3.8, 4) is 0 Å². The van der Waals surface area contributed by atoms with Gasteiger partial charge in [0.05, 0.1) is 37.8 Å². The summed E-state index contributed by atoms with van der Waals surface area (Å²) in [5.41, 5.74) is 12.6. The zero-order valence-corrected chi connectivity index (χ0v) is 13.8. The maximum Gasteiger partial charge on any atom is 0.149 e. The summed E-state index contributed by atoms with van der Waals surface area (Å²) >= 11 is 0. The van der Waals surface area contributed by atoms with E-state index in [9.17, 15) is 0 Å². The molecular weight excluding hydrogens is 280 g/mol. The van der Waals surface area contributed by atoms with Crippen LogP contribution in [0.15, 0.2) is 12.3 Å². The van der Waals surface area contributed by atoms with Crippen molar-refractivity contribution in [3.63, 3.8) is 0 Å². The normalized spacial score (nSPS) is 12.3. The minimum absolute atomic E-state index is 0.581. The summed E-state index contributed by atoms with van der Waals surface area (Å²) in [6.45, 7) is 8.57. The molecule has 1 aromatic rings. The van der Waals surface area contributed by atoms with Gasteiger partial charge < -0.3 is 31.7 Å². The lowest BCUT2D eigenvalue weighted by molar-refractivity contribution is -0.880. The number of pyridine rings is 1. The zero-order chi connectivity index (χ0) is 16.2. The third-order valence-corrected chi connectivity index (χ3v) is 3.37. The summed E-state index contributed by atoms with van der Waals surface area (Å²) in [7, 11) is 2.20. The zero-order valence-electron chi connectivity index (χ0n) is 13.8. The summed E-state index contributed by atoms with van der Waals surface area (Å²) in [6.07, 6.45) is 2.76. The highest BCUT2D eigenvalue weighted by molar-refractivity contribution is 5.65. The van der Waals surface area contributed by atoms with Crippen LogP contribution in [0.3, 0.4) is 0 Å². The van der Waals surface area contributed by atoms with E-state index in [2.05, 4.69) is 22.7 Å². The Morgan fingerprint density at radius 3 is 2.77 bits per heavy atom. The molecule has 0 aliphatic heterocycles. The molecule has 1 rings (SSSR count). The average Bonchev–Trinajstić information content (AvgIpc) is 2.48. The van der Waals surface area contributed by atoms with E-state index in [-0.39, 0.29) is 0 Å². The van der Waals surface area contributed by atoms with Gasteiger partial charge >= 0.3 is 0 Å². The largest absolute Gasteiger partial charge is 0.397 e. The highest BCUT2D eigenvalue weighted by atomic mass is 16.5. The topological polar surface area (TPSA) is 103 Å². The Balaban J connectivity index is 1.99. The molecule has 22 heavy (non-hydrogen) atoms. The maximum absolute atomic E-state index is 5.83. The van der Waals surface area contributed by atoms with E-state index in [1.807, 2.05) is 6.92 Å². The Bertz CT molecular complexity index is 415. The van der Waals surface area contributed by atoms with Crippen molar-refractivity contribution in [2.75, 3.05) is 69.8 Å². The van der Waals surface area contributed by atoms with Gasteiger partial charge in [-0.25, -0.2) is 4.98 Å². The van der Waals surface area contributed by atoms with Crippen LogP contribution in [0.2, 0.25) is 0 Å². The lowest BCUT2D eigenvalue weighted by atomic mass is 10.3. The third kappa shape index (κ3) is 8.02. The molecule has 0 aliphatic carbocycles. The standard InChI is InChI=1S/C15H30N6O/c1-3-22-10-9-21(2)8-4-5-18-6-7-19-15-14(17)11-13(16)12-20-15/h11-12,18H,3-10,16-17H2,1-2H3,(H,19,20)/p+1. The monoisotopic (exact) mass is 311 g/mol. The van der Waals surface area contributed by atoms with E-state index >= 15 is 0 Å². The molecule has 0 amide bonds. The van der Waals surface area contributed by atoms with Crippen molar-refractivity contribution in [1.82, 2.24) is 10.3 Å². The second-order valence-corrected chi connectivity index (χ2v) is 5.39. The van der Waals surface area contributed by atoms with Crippen molar-refractivity contribution in [2.24, 2.45) is 0 Å². The van der Waals surface area contributed by atoms with Crippen LogP contribution in [0.5, 0.6) is 0 Å². The number of hydrogen-bond donors (Lipinski definition) is 5. The van der Waals surface area contributed by atoms with Crippen molar-refractivity contribution >= 4 is 17.2 Å². The molecule has 0 spiro atoms.